The summed E-state index contributed by atoms with van der Waals surface area (Å²) in [6, 6.07) is 0. The SMILES string of the molecule is CCNC(=O)[C@H]1O[C@@H](n2cnc3c(N)nc(C#CCC4CCN(C(=O)OC(C)C)CC4)nc32)[C@H](O)[C@@H]1O. The fourth-order valence-electron chi connectivity index (χ4n) is 4.43. The number of carbonyl (C=O) groups is 2. The number of nitrogens with two attached hydrogens (primary N) is 1. The second kappa shape index (κ2) is 11.3. The van der Waals surface area contributed by atoms with Crippen molar-refractivity contribution in [2.75, 3.05) is 25.4 Å². The molecule has 0 spiro atoms. The highest BCUT2D eigenvalue weighted by molar-refractivity contribution is 5.83. The van der Waals surface area contributed by atoms with Gasteiger partial charge in [-0.3, -0.25) is 9.36 Å². The number of likely N-dealkylation sites (N-methyl/N-ethyl adjacent to an activating group) is 1. The van der Waals surface area contributed by atoms with Gasteiger partial charge >= 0.3 is 6.09 Å². The first-order valence-corrected chi connectivity index (χ1v) is 12.4. The molecule has 13 heteroatoms. The molecular formula is C24H33N7O6. The van der Waals surface area contributed by atoms with Crippen LogP contribution >= 0.6 is 0 Å². The van der Waals surface area contributed by atoms with Gasteiger partial charge in [0.2, 0.25) is 5.82 Å². The fourth-order valence-corrected chi connectivity index (χ4v) is 4.43. The topological polar surface area (TPSA) is 178 Å². The molecule has 5 N–H and O–H groups in total. The molecule has 200 valence electrons. The number of carbonyl (C=O) groups excluding carboxylic acids is 2. The van der Waals surface area contributed by atoms with Crippen LogP contribution in [0.25, 0.3) is 11.2 Å². The van der Waals surface area contributed by atoms with Crippen molar-refractivity contribution < 1.29 is 29.3 Å². The second-order valence-electron chi connectivity index (χ2n) is 9.45. The maximum atomic E-state index is 12.2. The molecular weight excluding hydrogens is 482 g/mol. The van der Waals surface area contributed by atoms with Gasteiger partial charge in [-0.25, -0.2) is 19.7 Å². The Morgan fingerprint density at radius 3 is 2.68 bits per heavy atom. The molecule has 0 aliphatic carbocycles. The predicted molar refractivity (Wildman–Crippen MR) is 132 cm³/mol. The van der Waals surface area contributed by atoms with Crippen molar-refractivity contribution in [3.8, 4) is 11.8 Å². The summed E-state index contributed by atoms with van der Waals surface area (Å²) in [5.74, 6) is 6.14. The second-order valence-corrected chi connectivity index (χ2v) is 9.45. The summed E-state index contributed by atoms with van der Waals surface area (Å²) in [4.78, 5) is 38.9. The van der Waals surface area contributed by atoms with Crippen molar-refractivity contribution in [1.82, 2.24) is 29.7 Å². The van der Waals surface area contributed by atoms with Gasteiger partial charge in [-0.1, -0.05) is 5.92 Å². The van der Waals surface area contributed by atoms with E-state index in [1.807, 2.05) is 13.8 Å². The van der Waals surface area contributed by atoms with Crippen molar-refractivity contribution in [3.63, 3.8) is 0 Å². The summed E-state index contributed by atoms with van der Waals surface area (Å²) in [5.41, 5.74) is 6.63. The van der Waals surface area contributed by atoms with Gasteiger partial charge in [0.25, 0.3) is 5.91 Å². The normalized spacial score (nSPS) is 24.2. The largest absolute Gasteiger partial charge is 0.447 e. The minimum absolute atomic E-state index is 0.110. The molecule has 0 radical (unpaired) electrons. The van der Waals surface area contributed by atoms with Crippen molar-refractivity contribution in [3.05, 3.63) is 12.2 Å². The molecule has 2 aromatic heterocycles. The first-order chi connectivity index (χ1) is 17.7. The van der Waals surface area contributed by atoms with Crippen LogP contribution in [0.5, 0.6) is 0 Å². The monoisotopic (exact) mass is 515 g/mol. The van der Waals surface area contributed by atoms with E-state index in [0.717, 1.165) is 12.8 Å². The van der Waals surface area contributed by atoms with Crippen molar-refractivity contribution in [2.24, 2.45) is 5.92 Å². The van der Waals surface area contributed by atoms with Crippen molar-refractivity contribution >= 4 is 29.0 Å². The van der Waals surface area contributed by atoms with Crippen molar-refractivity contribution in [1.29, 1.82) is 0 Å². The Kier molecular flexibility index (Phi) is 8.11. The van der Waals surface area contributed by atoms with E-state index in [-0.39, 0.29) is 35.0 Å². The van der Waals surface area contributed by atoms with Crippen LogP contribution < -0.4 is 11.1 Å². The first-order valence-electron chi connectivity index (χ1n) is 12.4. The molecule has 2 saturated heterocycles. The van der Waals surface area contributed by atoms with Gasteiger partial charge in [0.05, 0.1) is 12.4 Å². The number of anilines is 1. The van der Waals surface area contributed by atoms with Gasteiger partial charge < -0.3 is 35.6 Å². The summed E-state index contributed by atoms with van der Waals surface area (Å²) in [7, 11) is 0. The first kappa shape index (κ1) is 26.6. The number of rotatable bonds is 5. The quantitative estimate of drug-likeness (QED) is 0.401. The number of piperidine rings is 1. The highest BCUT2D eigenvalue weighted by atomic mass is 16.6. The molecule has 13 nitrogen and oxygen atoms in total. The smallest absolute Gasteiger partial charge is 0.410 e. The van der Waals surface area contributed by atoms with E-state index in [0.29, 0.717) is 32.0 Å². The zero-order chi connectivity index (χ0) is 26.7. The summed E-state index contributed by atoms with van der Waals surface area (Å²) in [6.45, 7) is 7.00. The Morgan fingerprint density at radius 2 is 2.00 bits per heavy atom. The number of nitrogens with zero attached hydrogens (tertiary/aromatic N) is 5. The number of nitrogen functional groups attached to an aromatic ring is 1. The molecule has 2 aromatic rings. The van der Waals surface area contributed by atoms with Gasteiger partial charge in [0, 0.05) is 26.1 Å². The van der Waals surface area contributed by atoms with Crippen LogP contribution in [0.1, 0.15) is 52.1 Å². The molecule has 2 fully saturated rings. The predicted octanol–water partition coefficient (Wildman–Crippen LogP) is 0.162. The zero-order valence-corrected chi connectivity index (χ0v) is 21.1. The number of hydrogen-bond acceptors (Lipinski definition) is 10. The number of aliphatic hydroxyl groups is 2. The third-order valence-corrected chi connectivity index (χ3v) is 6.37. The van der Waals surface area contributed by atoms with E-state index in [1.54, 1.807) is 11.8 Å². The summed E-state index contributed by atoms with van der Waals surface area (Å²) in [6.07, 6.45) is -1.97. The van der Waals surface area contributed by atoms with Gasteiger partial charge in [-0.05, 0) is 45.5 Å². The van der Waals surface area contributed by atoms with E-state index in [4.69, 9.17) is 15.2 Å². The van der Waals surface area contributed by atoms with Gasteiger partial charge in [-0.2, -0.15) is 0 Å². The maximum Gasteiger partial charge on any atom is 0.410 e. The molecule has 0 aromatic carbocycles. The van der Waals surface area contributed by atoms with Crippen LogP contribution in [-0.2, 0) is 14.3 Å². The molecule has 4 atom stereocenters. The minimum Gasteiger partial charge on any atom is -0.447 e. The Balaban J connectivity index is 1.45. The molecule has 4 rings (SSSR count). The van der Waals surface area contributed by atoms with Crippen LogP contribution in [0.3, 0.4) is 0 Å². The number of aliphatic hydroxyl groups excluding tert-OH is 2. The average molecular weight is 516 g/mol. The third kappa shape index (κ3) is 5.76. The fraction of sp³-hybridized carbons (Fsp3) is 0.625. The standard InChI is InChI=1S/C24H33N7O6/c1-4-26-22(34)19-17(32)18(33)23(37-19)31-12-27-16-20(25)28-15(29-21(16)31)7-5-6-14-8-10-30(11-9-14)24(35)36-13(2)3/h12-14,17-19,23,32-33H,4,6,8-11H2,1-3H3,(H,26,34)(H2,25,28,29)/t17-,18+,19-,23+/m0/s1. The number of fused-ring (bicyclic) bond motifs is 1. The van der Waals surface area contributed by atoms with Gasteiger partial charge in [0.15, 0.2) is 23.8 Å². The summed E-state index contributed by atoms with van der Waals surface area (Å²) >= 11 is 0. The molecule has 37 heavy (non-hydrogen) atoms. The van der Waals surface area contributed by atoms with E-state index in [9.17, 15) is 19.8 Å². The lowest BCUT2D eigenvalue weighted by molar-refractivity contribution is -0.137. The van der Waals surface area contributed by atoms with Crippen LogP contribution in [0.15, 0.2) is 6.33 Å². The minimum atomic E-state index is -1.42. The third-order valence-electron chi connectivity index (χ3n) is 6.37. The Labute approximate surface area is 214 Å². The number of aromatic nitrogens is 4. The molecule has 0 bridgehead atoms. The maximum absolute atomic E-state index is 12.2. The van der Waals surface area contributed by atoms with Crippen LogP contribution in [0.4, 0.5) is 10.6 Å². The number of nitrogens with one attached hydrogen (secondary N) is 1. The lowest BCUT2D eigenvalue weighted by Gasteiger charge is -2.31. The summed E-state index contributed by atoms with van der Waals surface area (Å²) < 4.78 is 12.3. The number of hydrogen-bond donors (Lipinski definition) is 4. The number of amides is 2. The molecule has 2 amide bonds. The molecule has 2 aliphatic rings. The van der Waals surface area contributed by atoms with E-state index in [2.05, 4.69) is 32.1 Å². The Bertz CT molecular complexity index is 1200. The van der Waals surface area contributed by atoms with Crippen LogP contribution in [-0.4, -0.2) is 90.7 Å². The Hall–Kier alpha value is -3.47. The lowest BCUT2D eigenvalue weighted by Crippen LogP contribution is -2.42. The summed E-state index contributed by atoms with van der Waals surface area (Å²) in [5, 5.41) is 23.5. The highest BCUT2D eigenvalue weighted by Gasteiger charge is 2.47. The highest BCUT2D eigenvalue weighted by Crippen LogP contribution is 2.32. The molecule has 2 aliphatic heterocycles. The van der Waals surface area contributed by atoms with E-state index in [1.165, 1.54) is 10.9 Å². The zero-order valence-electron chi connectivity index (χ0n) is 21.1. The lowest BCUT2D eigenvalue weighted by atomic mass is 9.94. The van der Waals surface area contributed by atoms with Gasteiger partial charge in [-0.15, -0.1) is 0 Å². The van der Waals surface area contributed by atoms with E-state index >= 15 is 0 Å². The number of likely N-dealkylation sites (tertiary alicyclic amines) is 1. The van der Waals surface area contributed by atoms with Crippen LogP contribution in [0.2, 0.25) is 0 Å². The van der Waals surface area contributed by atoms with Crippen LogP contribution in [0, 0.1) is 17.8 Å². The Morgan fingerprint density at radius 1 is 1.27 bits per heavy atom. The van der Waals surface area contributed by atoms with E-state index < -0.39 is 30.4 Å². The molecule has 4 heterocycles. The number of ether oxygens (including phenoxy) is 2. The van der Waals surface area contributed by atoms with Gasteiger partial charge in [0.1, 0.15) is 17.7 Å². The molecule has 0 unspecified atom stereocenters. The average Bonchev–Trinajstić information content (AvgIpc) is 3.40. The van der Waals surface area contributed by atoms with Crippen molar-refractivity contribution in [2.45, 2.75) is 70.7 Å². The number of imidazole rings is 1. The molecule has 0 saturated carbocycles.